The maximum Gasteiger partial charge on any atom is 0.219 e. The largest absolute Gasteiger partial charge is 0.439 e. The van der Waals surface area contributed by atoms with E-state index >= 15 is 0 Å². The van der Waals surface area contributed by atoms with Crippen molar-refractivity contribution in [3.63, 3.8) is 0 Å². The second-order valence-electron chi connectivity index (χ2n) is 5.92. The van der Waals surface area contributed by atoms with Gasteiger partial charge in [-0.05, 0) is 50.8 Å². The lowest BCUT2D eigenvalue weighted by Gasteiger charge is -2.11. The number of nitrogens with zero attached hydrogens (tertiary/aromatic N) is 1. The zero-order chi connectivity index (χ0) is 14.8. The summed E-state index contributed by atoms with van der Waals surface area (Å²) in [5.74, 6) is 1.53. The standard InChI is InChI=1S/C18H22N2O/c1-12-4-8-17(13(2)10-12)21-18-9-5-15(14(3)20-18)11-19-16-6-7-16/h4-5,8-10,16,19H,6-7,11H2,1-3H3. The summed E-state index contributed by atoms with van der Waals surface area (Å²) in [5.41, 5.74) is 4.65. The van der Waals surface area contributed by atoms with E-state index < -0.39 is 0 Å². The van der Waals surface area contributed by atoms with Crippen LogP contribution in [0.5, 0.6) is 11.6 Å². The predicted octanol–water partition coefficient (Wildman–Crippen LogP) is 4.05. The molecule has 1 aromatic carbocycles. The first kappa shape index (κ1) is 14.1. The van der Waals surface area contributed by atoms with Crippen LogP contribution >= 0.6 is 0 Å². The first-order chi connectivity index (χ1) is 10.1. The highest BCUT2D eigenvalue weighted by atomic mass is 16.5. The number of rotatable bonds is 5. The molecule has 3 rings (SSSR count). The van der Waals surface area contributed by atoms with E-state index in [9.17, 15) is 0 Å². The van der Waals surface area contributed by atoms with Crippen LogP contribution in [0.15, 0.2) is 30.3 Å². The van der Waals surface area contributed by atoms with Crippen LogP contribution in [0.25, 0.3) is 0 Å². The van der Waals surface area contributed by atoms with Gasteiger partial charge in [-0.25, -0.2) is 4.98 Å². The Kier molecular flexibility index (Phi) is 3.93. The molecule has 0 radical (unpaired) electrons. The SMILES string of the molecule is Cc1ccc(Oc2ccc(CNC3CC3)c(C)n2)c(C)c1. The minimum Gasteiger partial charge on any atom is -0.439 e. The van der Waals surface area contributed by atoms with E-state index in [0.717, 1.165) is 29.6 Å². The van der Waals surface area contributed by atoms with E-state index in [4.69, 9.17) is 4.74 Å². The van der Waals surface area contributed by atoms with Crippen molar-refractivity contribution in [1.29, 1.82) is 0 Å². The lowest BCUT2D eigenvalue weighted by atomic mass is 10.1. The van der Waals surface area contributed by atoms with E-state index in [1.807, 2.05) is 19.1 Å². The van der Waals surface area contributed by atoms with Crippen molar-refractivity contribution >= 4 is 0 Å². The topological polar surface area (TPSA) is 34.1 Å². The fourth-order valence-electron chi connectivity index (χ4n) is 2.38. The van der Waals surface area contributed by atoms with Crippen LogP contribution in [0.4, 0.5) is 0 Å². The van der Waals surface area contributed by atoms with Crippen molar-refractivity contribution in [3.05, 3.63) is 52.7 Å². The molecule has 1 fully saturated rings. The first-order valence-electron chi connectivity index (χ1n) is 7.57. The predicted molar refractivity (Wildman–Crippen MR) is 84.8 cm³/mol. The lowest BCUT2D eigenvalue weighted by Crippen LogP contribution is -2.16. The van der Waals surface area contributed by atoms with E-state index in [1.54, 1.807) is 0 Å². The number of aromatic nitrogens is 1. The molecular formula is C18H22N2O. The smallest absolute Gasteiger partial charge is 0.219 e. The van der Waals surface area contributed by atoms with Gasteiger partial charge in [-0.1, -0.05) is 23.8 Å². The van der Waals surface area contributed by atoms with Crippen molar-refractivity contribution in [1.82, 2.24) is 10.3 Å². The molecule has 1 N–H and O–H groups in total. The van der Waals surface area contributed by atoms with Gasteiger partial charge in [0.1, 0.15) is 5.75 Å². The number of ether oxygens (including phenoxy) is 1. The number of aryl methyl sites for hydroxylation is 3. The Morgan fingerprint density at radius 3 is 2.62 bits per heavy atom. The van der Waals surface area contributed by atoms with Gasteiger partial charge in [0, 0.05) is 24.3 Å². The lowest BCUT2D eigenvalue weighted by molar-refractivity contribution is 0.457. The fourth-order valence-corrected chi connectivity index (χ4v) is 2.38. The summed E-state index contributed by atoms with van der Waals surface area (Å²) in [6, 6.07) is 11.0. The third-order valence-corrected chi connectivity index (χ3v) is 3.87. The normalized spacial score (nSPS) is 14.2. The monoisotopic (exact) mass is 282 g/mol. The molecule has 3 nitrogen and oxygen atoms in total. The van der Waals surface area contributed by atoms with Gasteiger partial charge in [0.2, 0.25) is 5.88 Å². The van der Waals surface area contributed by atoms with Crippen molar-refractivity contribution in [3.8, 4) is 11.6 Å². The average Bonchev–Trinajstić information content (AvgIpc) is 3.25. The van der Waals surface area contributed by atoms with Crippen LogP contribution in [-0.4, -0.2) is 11.0 Å². The molecule has 1 aliphatic rings. The number of benzene rings is 1. The van der Waals surface area contributed by atoms with Crippen LogP contribution in [0.3, 0.4) is 0 Å². The third kappa shape index (κ3) is 3.61. The average molecular weight is 282 g/mol. The molecular weight excluding hydrogens is 260 g/mol. The van der Waals surface area contributed by atoms with Crippen molar-refractivity contribution in [2.75, 3.05) is 0 Å². The summed E-state index contributed by atoms with van der Waals surface area (Å²) in [4.78, 5) is 4.57. The molecule has 110 valence electrons. The first-order valence-corrected chi connectivity index (χ1v) is 7.57. The van der Waals surface area contributed by atoms with E-state index in [1.165, 1.54) is 24.0 Å². The molecule has 1 aliphatic carbocycles. The molecule has 21 heavy (non-hydrogen) atoms. The molecule has 1 aromatic heterocycles. The maximum atomic E-state index is 5.91. The van der Waals surface area contributed by atoms with Crippen molar-refractivity contribution < 1.29 is 4.74 Å². The quantitative estimate of drug-likeness (QED) is 0.898. The molecule has 0 bridgehead atoms. The van der Waals surface area contributed by atoms with Crippen LogP contribution in [0.1, 0.15) is 35.2 Å². The Balaban J connectivity index is 1.71. The molecule has 1 saturated carbocycles. The number of pyridine rings is 1. The van der Waals surface area contributed by atoms with Crippen molar-refractivity contribution in [2.45, 2.75) is 46.2 Å². The Morgan fingerprint density at radius 2 is 1.95 bits per heavy atom. The van der Waals surface area contributed by atoms with Gasteiger partial charge >= 0.3 is 0 Å². The summed E-state index contributed by atoms with van der Waals surface area (Å²) >= 11 is 0. The summed E-state index contributed by atoms with van der Waals surface area (Å²) in [6.07, 6.45) is 2.61. The van der Waals surface area contributed by atoms with E-state index in [0.29, 0.717) is 5.88 Å². The summed E-state index contributed by atoms with van der Waals surface area (Å²) in [7, 11) is 0. The molecule has 3 heteroatoms. The minimum atomic E-state index is 0.662. The number of hydrogen-bond donors (Lipinski definition) is 1. The Bertz CT molecular complexity index is 648. The summed E-state index contributed by atoms with van der Waals surface area (Å²) in [6.45, 7) is 7.08. The van der Waals surface area contributed by atoms with Gasteiger partial charge in [0.15, 0.2) is 0 Å². The summed E-state index contributed by atoms with van der Waals surface area (Å²) < 4.78 is 5.91. The molecule has 0 saturated heterocycles. The molecule has 0 amide bonds. The van der Waals surface area contributed by atoms with Gasteiger partial charge in [-0.15, -0.1) is 0 Å². The highest BCUT2D eigenvalue weighted by Crippen LogP contribution is 2.25. The van der Waals surface area contributed by atoms with E-state index in [-0.39, 0.29) is 0 Å². The van der Waals surface area contributed by atoms with Crippen LogP contribution in [0.2, 0.25) is 0 Å². The number of nitrogens with one attached hydrogen (secondary N) is 1. The van der Waals surface area contributed by atoms with Gasteiger partial charge in [0.05, 0.1) is 0 Å². The second kappa shape index (κ2) is 5.86. The molecule has 0 atom stereocenters. The Labute approximate surface area is 126 Å². The fraction of sp³-hybridized carbons (Fsp3) is 0.389. The number of hydrogen-bond acceptors (Lipinski definition) is 3. The molecule has 0 unspecified atom stereocenters. The van der Waals surface area contributed by atoms with Gasteiger partial charge in [-0.2, -0.15) is 0 Å². The zero-order valence-corrected chi connectivity index (χ0v) is 12.9. The maximum absolute atomic E-state index is 5.91. The highest BCUT2D eigenvalue weighted by Gasteiger charge is 2.20. The summed E-state index contributed by atoms with van der Waals surface area (Å²) in [5, 5.41) is 3.52. The van der Waals surface area contributed by atoms with Crippen LogP contribution in [-0.2, 0) is 6.54 Å². The minimum absolute atomic E-state index is 0.662. The molecule has 0 aliphatic heterocycles. The van der Waals surface area contributed by atoms with Gasteiger partial charge in [0.25, 0.3) is 0 Å². The second-order valence-corrected chi connectivity index (χ2v) is 5.92. The third-order valence-electron chi connectivity index (χ3n) is 3.87. The molecule has 0 spiro atoms. The Morgan fingerprint density at radius 1 is 1.14 bits per heavy atom. The zero-order valence-electron chi connectivity index (χ0n) is 12.9. The van der Waals surface area contributed by atoms with Gasteiger partial charge in [-0.3, -0.25) is 0 Å². The van der Waals surface area contributed by atoms with Crippen LogP contribution in [0, 0.1) is 20.8 Å². The van der Waals surface area contributed by atoms with Crippen molar-refractivity contribution in [2.24, 2.45) is 0 Å². The highest BCUT2D eigenvalue weighted by molar-refractivity contribution is 5.38. The van der Waals surface area contributed by atoms with Gasteiger partial charge < -0.3 is 10.1 Å². The van der Waals surface area contributed by atoms with E-state index in [2.05, 4.69) is 42.3 Å². The van der Waals surface area contributed by atoms with Crippen LogP contribution < -0.4 is 10.1 Å². The molecule has 2 aromatic rings. The Hall–Kier alpha value is -1.87. The molecule has 1 heterocycles.